The summed E-state index contributed by atoms with van der Waals surface area (Å²) in [7, 11) is 0. The van der Waals surface area contributed by atoms with Crippen LogP contribution in [-0.2, 0) is 0 Å². The molecule has 1 aromatic heterocycles. The number of hydrogen-bond donors (Lipinski definition) is 1. The lowest BCUT2D eigenvalue weighted by atomic mass is 10.0. The van der Waals surface area contributed by atoms with Gasteiger partial charge in [-0.3, -0.25) is 4.79 Å². The predicted molar refractivity (Wildman–Crippen MR) is 79.2 cm³/mol. The number of carbonyl (C=O) groups is 1. The summed E-state index contributed by atoms with van der Waals surface area (Å²) < 4.78 is 5.51. The second kappa shape index (κ2) is 5.45. The van der Waals surface area contributed by atoms with Gasteiger partial charge in [-0.15, -0.1) is 11.3 Å². The molecule has 1 aromatic carbocycles. The van der Waals surface area contributed by atoms with Crippen molar-refractivity contribution in [3.63, 3.8) is 0 Å². The molecule has 0 bridgehead atoms. The molecule has 2 rings (SSSR count). The summed E-state index contributed by atoms with van der Waals surface area (Å²) >= 11 is 1.49. The first kappa shape index (κ1) is 13.6. The Morgan fingerprint density at radius 2 is 2.11 bits per heavy atom. The molecule has 0 saturated heterocycles. The molecule has 3 nitrogen and oxygen atoms in total. The number of benzene rings is 1. The number of ketones is 1. The van der Waals surface area contributed by atoms with E-state index in [1.165, 1.54) is 11.3 Å². The van der Waals surface area contributed by atoms with Gasteiger partial charge in [0.1, 0.15) is 5.75 Å². The van der Waals surface area contributed by atoms with Crippen molar-refractivity contribution in [1.82, 2.24) is 0 Å². The normalized spacial score (nSPS) is 10.5. The van der Waals surface area contributed by atoms with Crippen LogP contribution >= 0.6 is 11.3 Å². The summed E-state index contributed by atoms with van der Waals surface area (Å²) in [5.41, 5.74) is 7.86. The molecule has 0 aliphatic carbocycles. The summed E-state index contributed by atoms with van der Waals surface area (Å²) in [5, 5.41) is 0. The van der Waals surface area contributed by atoms with E-state index in [-0.39, 0.29) is 5.78 Å². The zero-order valence-corrected chi connectivity index (χ0v) is 12.1. The highest BCUT2D eigenvalue weighted by Crippen LogP contribution is 2.31. The second-order valence-electron chi connectivity index (χ2n) is 4.35. The van der Waals surface area contributed by atoms with E-state index in [9.17, 15) is 4.79 Å². The number of ether oxygens (including phenoxy) is 1. The molecule has 19 heavy (non-hydrogen) atoms. The Labute approximate surface area is 117 Å². The quantitative estimate of drug-likeness (QED) is 0.685. The molecule has 100 valence electrons. The number of nitrogen functional groups attached to an aromatic ring is 1. The first-order valence-electron chi connectivity index (χ1n) is 6.17. The minimum atomic E-state index is -0.0582. The molecule has 0 amide bonds. The van der Waals surface area contributed by atoms with Crippen LogP contribution < -0.4 is 10.5 Å². The van der Waals surface area contributed by atoms with Gasteiger partial charge >= 0.3 is 0 Å². The van der Waals surface area contributed by atoms with E-state index in [2.05, 4.69) is 0 Å². The summed E-state index contributed by atoms with van der Waals surface area (Å²) in [6.45, 7) is 6.33. The van der Waals surface area contributed by atoms with Crippen molar-refractivity contribution in [2.45, 2.75) is 20.8 Å². The van der Waals surface area contributed by atoms with E-state index in [1.807, 2.05) is 26.8 Å². The fourth-order valence-corrected chi connectivity index (χ4v) is 3.02. The van der Waals surface area contributed by atoms with Crippen LogP contribution in [0.3, 0.4) is 0 Å². The highest BCUT2D eigenvalue weighted by Gasteiger charge is 2.21. The van der Waals surface area contributed by atoms with Gasteiger partial charge in [-0.25, -0.2) is 0 Å². The number of anilines is 1. The van der Waals surface area contributed by atoms with Crippen molar-refractivity contribution >= 4 is 22.8 Å². The van der Waals surface area contributed by atoms with Crippen LogP contribution in [0.25, 0.3) is 0 Å². The highest BCUT2D eigenvalue weighted by molar-refractivity contribution is 7.14. The van der Waals surface area contributed by atoms with E-state index < -0.39 is 0 Å². The van der Waals surface area contributed by atoms with E-state index in [0.717, 1.165) is 15.3 Å². The Bertz CT molecular complexity index is 617. The third kappa shape index (κ3) is 2.63. The van der Waals surface area contributed by atoms with Crippen molar-refractivity contribution < 1.29 is 9.53 Å². The summed E-state index contributed by atoms with van der Waals surface area (Å²) in [6.07, 6.45) is 0. The van der Waals surface area contributed by atoms with E-state index in [4.69, 9.17) is 10.5 Å². The topological polar surface area (TPSA) is 52.3 Å². The second-order valence-corrected chi connectivity index (χ2v) is 5.61. The van der Waals surface area contributed by atoms with Crippen LogP contribution in [0.5, 0.6) is 5.75 Å². The molecule has 0 aliphatic rings. The number of nitrogens with two attached hydrogens (primary N) is 1. The summed E-state index contributed by atoms with van der Waals surface area (Å²) in [5.74, 6) is 0.495. The van der Waals surface area contributed by atoms with Gasteiger partial charge in [-0.2, -0.15) is 0 Å². The monoisotopic (exact) mass is 275 g/mol. The largest absolute Gasteiger partial charge is 0.493 e. The van der Waals surface area contributed by atoms with Crippen LogP contribution in [0.1, 0.15) is 32.6 Å². The smallest absolute Gasteiger partial charge is 0.209 e. The fraction of sp³-hybridized carbons (Fsp3) is 0.267. The van der Waals surface area contributed by atoms with Gasteiger partial charge in [-0.05, 0) is 44.5 Å². The first-order chi connectivity index (χ1) is 9.04. The number of aryl methyl sites for hydroxylation is 2. The standard InChI is InChI=1S/C15H17NO2S/c1-4-18-12-7-5-6-11(16)13(12)14(17)15-9(2)8-10(3)19-15/h5-8H,4,16H2,1-3H3. The maximum absolute atomic E-state index is 12.6. The molecule has 0 spiro atoms. The molecule has 0 radical (unpaired) electrons. The van der Waals surface area contributed by atoms with E-state index in [0.29, 0.717) is 23.6 Å². The maximum atomic E-state index is 12.6. The van der Waals surface area contributed by atoms with Gasteiger partial charge in [0.15, 0.2) is 0 Å². The lowest BCUT2D eigenvalue weighted by molar-refractivity contribution is 0.103. The molecule has 2 aromatic rings. The molecule has 0 aliphatic heterocycles. The summed E-state index contributed by atoms with van der Waals surface area (Å²) in [4.78, 5) is 14.5. The fourth-order valence-electron chi connectivity index (χ4n) is 2.05. The Balaban J connectivity index is 2.52. The van der Waals surface area contributed by atoms with Gasteiger partial charge in [0.05, 0.1) is 17.0 Å². The predicted octanol–water partition coefficient (Wildman–Crippen LogP) is 3.58. The van der Waals surface area contributed by atoms with Crippen LogP contribution in [0.15, 0.2) is 24.3 Å². The third-order valence-electron chi connectivity index (χ3n) is 2.83. The molecule has 2 N–H and O–H groups in total. The maximum Gasteiger partial charge on any atom is 0.209 e. The third-order valence-corrected chi connectivity index (χ3v) is 3.98. The number of thiophene rings is 1. The molecule has 4 heteroatoms. The first-order valence-corrected chi connectivity index (χ1v) is 6.99. The van der Waals surface area contributed by atoms with Gasteiger partial charge in [-0.1, -0.05) is 6.07 Å². The van der Waals surface area contributed by atoms with Gasteiger partial charge in [0.25, 0.3) is 0 Å². The number of hydrogen-bond acceptors (Lipinski definition) is 4. The molecular weight excluding hydrogens is 258 g/mol. The average Bonchev–Trinajstić information content (AvgIpc) is 2.68. The number of rotatable bonds is 4. The lowest BCUT2D eigenvalue weighted by Gasteiger charge is -2.11. The Morgan fingerprint density at radius 3 is 2.68 bits per heavy atom. The van der Waals surface area contributed by atoms with Crippen molar-refractivity contribution in [2.75, 3.05) is 12.3 Å². The molecular formula is C15H17NO2S. The van der Waals surface area contributed by atoms with Gasteiger partial charge in [0.2, 0.25) is 5.78 Å². The van der Waals surface area contributed by atoms with Gasteiger partial charge < -0.3 is 10.5 Å². The molecule has 0 fully saturated rings. The van der Waals surface area contributed by atoms with Crippen LogP contribution in [0.4, 0.5) is 5.69 Å². The van der Waals surface area contributed by atoms with Crippen LogP contribution in [-0.4, -0.2) is 12.4 Å². The van der Waals surface area contributed by atoms with E-state index >= 15 is 0 Å². The molecule has 0 saturated carbocycles. The zero-order chi connectivity index (χ0) is 14.0. The van der Waals surface area contributed by atoms with Gasteiger partial charge in [0, 0.05) is 10.6 Å². The Hall–Kier alpha value is -1.81. The van der Waals surface area contributed by atoms with Crippen molar-refractivity contribution in [3.05, 3.63) is 45.1 Å². The zero-order valence-electron chi connectivity index (χ0n) is 11.3. The summed E-state index contributed by atoms with van der Waals surface area (Å²) in [6, 6.07) is 7.31. The Morgan fingerprint density at radius 1 is 1.37 bits per heavy atom. The van der Waals surface area contributed by atoms with E-state index in [1.54, 1.807) is 18.2 Å². The molecule has 0 atom stereocenters. The SMILES string of the molecule is CCOc1cccc(N)c1C(=O)c1sc(C)cc1C. The van der Waals surface area contributed by atoms with Crippen molar-refractivity contribution in [3.8, 4) is 5.75 Å². The highest BCUT2D eigenvalue weighted by atomic mass is 32.1. The van der Waals surface area contributed by atoms with Crippen molar-refractivity contribution in [2.24, 2.45) is 0 Å². The number of carbonyl (C=O) groups excluding carboxylic acids is 1. The molecule has 0 unspecified atom stereocenters. The Kier molecular flexibility index (Phi) is 3.90. The van der Waals surface area contributed by atoms with Crippen molar-refractivity contribution in [1.29, 1.82) is 0 Å². The average molecular weight is 275 g/mol. The molecule has 1 heterocycles. The van der Waals surface area contributed by atoms with Crippen LogP contribution in [0, 0.1) is 13.8 Å². The minimum absolute atomic E-state index is 0.0582. The van der Waals surface area contributed by atoms with Crippen LogP contribution in [0.2, 0.25) is 0 Å². The lowest BCUT2D eigenvalue weighted by Crippen LogP contribution is -2.08. The minimum Gasteiger partial charge on any atom is -0.493 e.